The van der Waals surface area contributed by atoms with Crippen molar-refractivity contribution >= 4 is 5.82 Å². The fraction of sp³-hybridized carbons (Fsp3) is 0.412. The summed E-state index contributed by atoms with van der Waals surface area (Å²) in [7, 11) is 3.14. The zero-order valence-corrected chi connectivity index (χ0v) is 13.4. The third-order valence-corrected chi connectivity index (χ3v) is 4.13. The first-order chi connectivity index (χ1) is 11.2. The molecule has 6 heteroatoms. The molecule has 0 saturated carbocycles. The molecule has 1 fully saturated rings. The summed E-state index contributed by atoms with van der Waals surface area (Å²) in [5.74, 6) is 2.21. The summed E-state index contributed by atoms with van der Waals surface area (Å²) in [5.41, 5.74) is 1.24. The van der Waals surface area contributed by atoms with Gasteiger partial charge in [0.1, 0.15) is 11.6 Å². The molecule has 2 aromatic rings. The van der Waals surface area contributed by atoms with Crippen LogP contribution in [0, 0.1) is 5.92 Å². The monoisotopic (exact) mass is 315 g/mol. The second-order valence-corrected chi connectivity index (χ2v) is 5.73. The van der Waals surface area contributed by atoms with E-state index in [4.69, 9.17) is 9.47 Å². The van der Waals surface area contributed by atoms with Crippen LogP contribution in [0.3, 0.4) is 0 Å². The average Bonchev–Trinajstić information content (AvgIpc) is 3.05. The summed E-state index contributed by atoms with van der Waals surface area (Å²) in [6.07, 6.45) is 2.10. The lowest BCUT2D eigenvalue weighted by molar-refractivity contribution is 0.352. The Hall–Kier alpha value is -2.50. The molecule has 6 nitrogen and oxygen atoms in total. The van der Waals surface area contributed by atoms with Crippen molar-refractivity contribution < 1.29 is 14.6 Å². The molecule has 3 rings (SSSR count). The number of nitrogens with zero attached hydrogens (tertiary/aromatic N) is 3. The number of hydrogen-bond acceptors (Lipinski definition) is 6. The third kappa shape index (κ3) is 3.64. The number of phenols is 1. The van der Waals surface area contributed by atoms with Crippen molar-refractivity contribution in [3.63, 3.8) is 0 Å². The van der Waals surface area contributed by atoms with Crippen LogP contribution in [0.5, 0.6) is 17.6 Å². The van der Waals surface area contributed by atoms with Crippen LogP contribution in [0.15, 0.2) is 30.3 Å². The Morgan fingerprint density at radius 1 is 1.17 bits per heavy atom. The van der Waals surface area contributed by atoms with Gasteiger partial charge in [0.2, 0.25) is 5.88 Å². The van der Waals surface area contributed by atoms with Gasteiger partial charge in [-0.1, -0.05) is 12.1 Å². The van der Waals surface area contributed by atoms with E-state index in [1.54, 1.807) is 26.4 Å². The van der Waals surface area contributed by atoms with Crippen LogP contribution in [-0.2, 0) is 6.42 Å². The van der Waals surface area contributed by atoms with Crippen LogP contribution >= 0.6 is 0 Å². The van der Waals surface area contributed by atoms with Crippen molar-refractivity contribution in [2.24, 2.45) is 5.92 Å². The Bertz CT molecular complexity index is 638. The molecule has 0 bridgehead atoms. The average molecular weight is 315 g/mol. The first-order valence-corrected chi connectivity index (χ1v) is 7.68. The van der Waals surface area contributed by atoms with Gasteiger partial charge in [-0.2, -0.15) is 9.97 Å². The number of benzene rings is 1. The maximum absolute atomic E-state index is 9.36. The minimum absolute atomic E-state index is 0.307. The summed E-state index contributed by atoms with van der Waals surface area (Å²) < 4.78 is 10.3. The van der Waals surface area contributed by atoms with Crippen molar-refractivity contribution in [3.8, 4) is 17.6 Å². The number of hydrogen-bond donors (Lipinski definition) is 1. The van der Waals surface area contributed by atoms with Gasteiger partial charge in [0, 0.05) is 19.2 Å². The quantitative estimate of drug-likeness (QED) is 0.913. The normalized spacial score (nSPS) is 17.3. The fourth-order valence-corrected chi connectivity index (χ4v) is 2.92. The smallest absolute Gasteiger partial charge is 0.321 e. The molecule has 23 heavy (non-hydrogen) atoms. The van der Waals surface area contributed by atoms with Gasteiger partial charge in [0.15, 0.2) is 0 Å². The fourth-order valence-electron chi connectivity index (χ4n) is 2.92. The van der Waals surface area contributed by atoms with Crippen LogP contribution in [0.2, 0.25) is 0 Å². The van der Waals surface area contributed by atoms with E-state index in [0.29, 0.717) is 23.6 Å². The van der Waals surface area contributed by atoms with Crippen LogP contribution in [0.1, 0.15) is 12.0 Å². The molecule has 2 heterocycles. The van der Waals surface area contributed by atoms with E-state index in [-0.39, 0.29) is 0 Å². The zero-order valence-electron chi connectivity index (χ0n) is 13.4. The topological polar surface area (TPSA) is 67.7 Å². The number of anilines is 1. The lowest BCUT2D eigenvalue weighted by atomic mass is 9.99. The van der Waals surface area contributed by atoms with E-state index in [2.05, 4.69) is 14.9 Å². The van der Waals surface area contributed by atoms with Crippen molar-refractivity contribution in [1.82, 2.24) is 9.97 Å². The molecule has 122 valence electrons. The van der Waals surface area contributed by atoms with Gasteiger partial charge in [-0.15, -0.1) is 0 Å². The highest BCUT2D eigenvalue weighted by molar-refractivity contribution is 5.44. The van der Waals surface area contributed by atoms with E-state index >= 15 is 0 Å². The zero-order chi connectivity index (χ0) is 16.2. The molecule has 0 aliphatic carbocycles. The van der Waals surface area contributed by atoms with Gasteiger partial charge in [-0.05, 0) is 36.5 Å². The van der Waals surface area contributed by atoms with Gasteiger partial charge in [-0.25, -0.2) is 0 Å². The van der Waals surface area contributed by atoms with Crippen molar-refractivity contribution in [2.45, 2.75) is 12.8 Å². The molecular formula is C17H21N3O3. The molecule has 1 unspecified atom stereocenters. The molecule has 1 saturated heterocycles. The molecule has 1 aliphatic rings. The summed E-state index contributed by atoms with van der Waals surface area (Å²) in [5, 5.41) is 9.36. The van der Waals surface area contributed by atoms with Gasteiger partial charge < -0.3 is 19.5 Å². The van der Waals surface area contributed by atoms with Crippen LogP contribution in [-0.4, -0.2) is 42.4 Å². The molecule has 1 atom stereocenters. The maximum atomic E-state index is 9.36. The second-order valence-electron chi connectivity index (χ2n) is 5.73. The number of aromatic nitrogens is 2. The number of phenolic OH excluding ortho intramolecular Hbond substituents is 1. The molecule has 1 aromatic carbocycles. The van der Waals surface area contributed by atoms with Crippen molar-refractivity contribution in [3.05, 3.63) is 35.9 Å². The van der Waals surface area contributed by atoms with Crippen LogP contribution in [0.25, 0.3) is 0 Å². The molecule has 0 spiro atoms. The first-order valence-electron chi connectivity index (χ1n) is 7.68. The predicted molar refractivity (Wildman–Crippen MR) is 87.3 cm³/mol. The van der Waals surface area contributed by atoms with Crippen molar-refractivity contribution in [1.29, 1.82) is 0 Å². The highest BCUT2D eigenvalue weighted by atomic mass is 16.5. The Morgan fingerprint density at radius 3 is 2.65 bits per heavy atom. The molecule has 1 aromatic heterocycles. The summed E-state index contributed by atoms with van der Waals surface area (Å²) in [4.78, 5) is 10.8. The third-order valence-electron chi connectivity index (χ3n) is 4.13. The molecule has 1 aliphatic heterocycles. The predicted octanol–water partition coefficient (Wildman–Crippen LogP) is 2.27. The number of rotatable bonds is 5. The van der Waals surface area contributed by atoms with Crippen LogP contribution in [0.4, 0.5) is 5.82 Å². The van der Waals surface area contributed by atoms with Gasteiger partial charge in [-0.3, -0.25) is 0 Å². The summed E-state index contributed by atoms with van der Waals surface area (Å²) in [6.45, 7) is 1.89. The largest absolute Gasteiger partial charge is 0.508 e. The van der Waals surface area contributed by atoms with E-state index in [9.17, 15) is 5.11 Å². The minimum atomic E-state index is 0.307. The number of aromatic hydroxyl groups is 1. The SMILES string of the molecule is COc1cc(N2CCC(Cc3ccc(O)cc3)C2)nc(OC)n1. The Labute approximate surface area is 135 Å². The van der Waals surface area contributed by atoms with E-state index in [1.807, 2.05) is 18.2 Å². The van der Waals surface area contributed by atoms with Crippen LogP contribution < -0.4 is 14.4 Å². The lowest BCUT2D eigenvalue weighted by Gasteiger charge is -2.18. The molecule has 1 N–H and O–H groups in total. The lowest BCUT2D eigenvalue weighted by Crippen LogP contribution is -2.21. The van der Waals surface area contributed by atoms with E-state index in [0.717, 1.165) is 31.7 Å². The standard InChI is InChI=1S/C17H21N3O3/c1-22-16-10-15(18-17(19-16)23-2)20-8-7-13(11-20)9-12-3-5-14(21)6-4-12/h3-6,10,13,21H,7-9,11H2,1-2H3. The summed E-state index contributed by atoms with van der Waals surface area (Å²) in [6, 6.07) is 9.60. The van der Waals surface area contributed by atoms with Gasteiger partial charge in [0.05, 0.1) is 14.2 Å². The van der Waals surface area contributed by atoms with E-state index in [1.165, 1.54) is 5.56 Å². The second kappa shape index (κ2) is 6.73. The number of ether oxygens (including phenoxy) is 2. The first kappa shape index (κ1) is 15.4. The van der Waals surface area contributed by atoms with Crippen molar-refractivity contribution in [2.75, 3.05) is 32.2 Å². The highest BCUT2D eigenvalue weighted by Crippen LogP contribution is 2.28. The Balaban J connectivity index is 1.68. The van der Waals surface area contributed by atoms with Gasteiger partial charge in [0.25, 0.3) is 0 Å². The van der Waals surface area contributed by atoms with Gasteiger partial charge >= 0.3 is 6.01 Å². The Morgan fingerprint density at radius 2 is 1.96 bits per heavy atom. The number of methoxy groups -OCH3 is 2. The van der Waals surface area contributed by atoms with E-state index < -0.39 is 0 Å². The Kier molecular flexibility index (Phi) is 4.50. The molecular weight excluding hydrogens is 294 g/mol. The molecule has 0 amide bonds. The highest BCUT2D eigenvalue weighted by Gasteiger charge is 2.24. The maximum Gasteiger partial charge on any atom is 0.321 e. The molecule has 0 radical (unpaired) electrons. The minimum Gasteiger partial charge on any atom is -0.508 e. The summed E-state index contributed by atoms with van der Waals surface area (Å²) >= 11 is 0.